The van der Waals surface area contributed by atoms with Gasteiger partial charge in [-0.1, -0.05) is 54.6 Å². The molecule has 2 aromatic heterocycles. The third kappa shape index (κ3) is 6.18. The lowest BCUT2D eigenvalue weighted by molar-refractivity contribution is -0.00000754. The molecule has 0 atom stereocenters. The van der Waals surface area contributed by atoms with E-state index in [9.17, 15) is 0 Å². The Morgan fingerprint density at radius 2 is 1.72 bits per heavy atom. The summed E-state index contributed by atoms with van der Waals surface area (Å²) >= 11 is 0. The highest BCUT2D eigenvalue weighted by atomic mass is 35.5. The van der Waals surface area contributed by atoms with Crippen LogP contribution in [0.4, 0.5) is 0 Å². The lowest BCUT2D eigenvalue weighted by atomic mass is 9.97. The minimum Gasteiger partial charge on any atom is -1.00 e. The van der Waals surface area contributed by atoms with Crippen molar-refractivity contribution in [3.05, 3.63) is 102 Å². The minimum absolute atomic E-state index is 0. The van der Waals surface area contributed by atoms with Crippen LogP contribution < -0.4 is 27.9 Å². The summed E-state index contributed by atoms with van der Waals surface area (Å²) in [7, 11) is 0. The van der Waals surface area contributed by atoms with Crippen molar-refractivity contribution in [3.63, 3.8) is 0 Å². The molecule has 0 fully saturated rings. The highest BCUT2D eigenvalue weighted by Crippen LogP contribution is 2.35. The highest BCUT2D eigenvalue weighted by molar-refractivity contribution is 5.93. The first-order valence-corrected chi connectivity index (χ1v) is 11.5. The summed E-state index contributed by atoms with van der Waals surface area (Å²) in [6, 6.07) is 22.7. The Hall–Kier alpha value is -3.51. The van der Waals surface area contributed by atoms with Crippen molar-refractivity contribution in [1.82, 2.24) is 15.0 Å². The van der Waals surface area contributed by atoms with E-state index in [1.54, 1.807) is 6.20 Å². The van der Waals surface area contributed by atoms with Crippen LogP contribution in [0.5, 0.6) is 5.88 Å². The van der Waals surface area contributed by atoms with E-state index in [0.29, 0.717) is 19.0 Å². The van der Waals surface area contributed by atoms with Crippen LogP contribution in [-0.2, 0) is 6.54 Å². The monoisotopic (exact) mass is 517 g/mol. The summed E-state index contributed by atoms with van der Waals surface area (Å²) in [5, 5.41) is 0.904. The Morgan fingerprint density at radius 1 is 0.917 bits per heavy atom. The van der Waals surface area contributed by atoms with Crippen LogP contribution >= 0.6 is 12.4 Å². The van der Waals surface area contributed by atoms with Crippen molar-refractivity contribution >= 4 is 29.5 Å². The summed E-state index contributed by atoms with van der Waals surface area (Å²) in [4.78, 5) is 14.0. The molecule has 1 radical (unpaired) electrons. The third-order valence-electron chi connectivity index (χ3n) is 5.80. The summed E-state index contributed by atoms with van der Waals surface area (Å²) in [6.45, 7) is 1.08. The molecule has 5 rings (SSSR count). The van der Waals surface area contributed by atoms with Crippen molar-refractivity contribution in [2.75, 3.05) is 6.61 Å². The molecule has 0 saturated heterocycles. The quantitative estimate of drug-likeness (QED) is 0.364. The topological polar surface area (TPSA) is 75.1 Å². The van der Waals surface area contributed by atoms with E-state index in [0.717, 1.165) is 57.4 Å². The van der Waals surface area contributed by atoms with E-state index in [2.05, 4.69) is 52.4 Å². The summed E-state index contributed by atoms with van der Waals surface area (Å²) < 4.78 is 6.11. The van der Waals surface area contributed by atoms with Crippen molar-refractivity contribution < 1.29 is 17.1 Å². The zero-order valence-corrected chi connectivity index (χ0v) is 21.3. The number of ether oxygens (including phenoxy) is 1. The second kappa shape index (κ2) is 13.0. The maximum atomic E-state index is 6.11. The molecule has 0 saturated carbocycles. The number of pyridine rings is 2. The minimum atomic E-state index is 0. The van der Waals surface area contributed by atoms with Crippen LogP contribution in [0.25, 0.3) is 33.3 Å². The van der Waals surface area contributed by atoms with E-state index in [4.69, 9.17) is 15.5 Å². The number of nitrogens with two attached hydrogens (primary N) is 1. The van der Waals surface area contributed by atoms with E-state index in [1.165, 1.54) is 0 Å². The number of aromatic nitrogens is 2. The summed E-state index contributed by atoms with van der Waals surface area (Å²) in [5.74, 6) is 0.605. The molecule has 0 amide bonds. The van der Waals surface area contributed by atoms with Gasteiger partial charge in [-0.15, -0.1) is 12.4 Å². The first-order valence-electron chi connectivity index (χ1n) is 11.5. The van der Waals surface area contributed by atoms with Gasteiger partial charge in [0.25, 0.3) is 5.70 Å². The molecule has 0 aliphatic carbocycles. The SMILES string of the molecule is Cl.NCc1ccc(-c2nc3ccnc(OCCCC4=CC=CC=[N+]4)c3cc2-c2ccccc2)cc1.[Cl-]. The number of benzene rings is 2. The molecule has 36 heavy (non-hydrogen) atoms. The smallest absolute Gasteiger partial charge is 0.254 e. The normalized spacial score (nSPS) is 12.0. The van der Waals surface area contributed by atoms with Crippen LogP contribution in [0.3, 0.4) is 0 Å². The van der Waals surface area contributed by atoms with Gasteiger partial charge in [0.2, 0.25) is 12.1 Å². The molecule has 0 bridgehead atoms. The first kappa shape index (κ1) is 27.1. The van der Waals surface area contributed by atoms with Gasteiger partial charge in [-0.25, -0.2) is 9.97 Å². The molecule has 2 N–H and O–H groups in total. The number of hydrogen-bond donors (Lipinski definition) is 1. The molecule has 2 aromatic carbocycles. The molecule has 5 nitrogen and oxygen atoms in total. The van der Waals surface area contributed by atoms with Crippen molar-refractivity contribution in [2.45, 2.75) is 19.4 Å². The van der Waals surface area contributed by atoms with E-state index in [-0.39, 0.29) is 24.8 Å². The summed E-state index contributed by atoms with van der Waals surface area (Å²) in [5.41, 5.74) is 12.9. The highest BCUT2D eigenvalue weighted by Gasteiger charge is 2.15. The maximum absolute atomic E-state index is 6.11. The van der Waals surface area contributed by atoms with Gasteiger partial charge < -0.3 is 22.9 Å². The first-order chi connectivity index (χ1) is 16.8. The number of halogens is 2. The standard InChI is InChI=1S/C29H26N4O.2ClH/c30-20-21-11-13-23(14-12-21)28-25(22-7-2-1-3-8-22)19-26-27(33-28)15-17-32-29(26)34-18-6-10-24-9-4-5-16-31-24;;/h1-5,7-9,11-17,19H,6,10,18,20,30H2;2*1H/q+1;;/p-1. The third-order valence-corrected chi connectivity index (χ3v) is 5.80. The average Bonchev–Trinajstić information content (AvgIpc) is 2.91. The average molecular weight is 518 g/mol. The molecule has 0 spiro atoms. The van der Waals surface area contributed by atoms with Crippen molar-refractivity contribution in [2.24, 2.45) is 5.73 Å². The van der Waals surface area contributed by atoms with Crippen LogP contribution in [0.15, 0.2) is 96.9 Å². The van der Waals surface area contributed by atoms with E-state index >= 15 is 0 Å². The van der Waals surface area contributed by atoms with Crippen LogP contribution in [-0.4, -0.2) is 22.8 Å². The predicted molar refractivity (Wildman–Crippen MR) is 146 cm³/mol. The lowest BCUT2D eigenvalue weighted by Gasteiger charge is -2.14. The van der Waals surface area contributed by atoms with E-state index in [1.807, 2.05) is 48.7 Å². The second-order valence-electron chi connectivity index (χ2n) is 8.11. The Kier molecular flexibility index (Phi) is 9.77. The van der Waals surface area contributed by atoms with Gasteiger partial charge >= 0.3 is 0 Å². The summed E-state index contributed by atoms with van der Waals surface area (Å²) in [6.07, 6.45) is 11.3. The second-order valence-corrected chi connectivity index (χ2v) is 8.11. The molecular weight excluding hydrogens is 491 g/mol. The number of aliphatic imine (C=N–C) groups is 1. The van der Waals surface area contributed by atoms with Crippen LogP contribution in [0.1, 0.15) is 18.4 Å². The van der Waals surface area contributed by atoms with Gasteiger partial charge in [0.15, 0.2) is 0 Å². The van der Waals surface area contributed by atoms with Gasteiger partial charge in [-0.2, -0.15) is 0 Å². The molecule has 3 heterocycles. The Balaban J connectivity index is 0.00000180. The fourth-order valence-electron chi connectivity index (χ4n) is 4.01. The van der Waals surface area contributed by atoms with Crippen molar-refractivity contribution in [1.29, 1.82) is 0 Å². The van der Waals surface area contributed by atoms with Gasteiger partial charge in [-0.3, -0.25) is 0 Å². The zero-order chi connectivity index (χ0) is 23.2. The van der Waals surface area contributed by atoms with Gasteiger partial charge in [0.05, 0.1) is 28.2 Å². The Bertz CT molecular complexity index is 1380. The molecule has 1 aliphatic rings. The number of nitrogens with zero attached hydrogens (tertiary/aromatic N) is 3. The lowest BCUT2D eigenvalue weighted by Crippen LogP contribution is -3.00. The Labute approximate surface area is 223 Å². The number of hydrogen-bond acceptors (Lipinski definition) is 5. The number of fused-ring (bicyclic) bond motifs is 1. The van der Waals surface area contributed by atoms with Crippen molar-refractivity contribution in [3.8, 4) is 28.3 Å². The van der Waals surface area contributed by atoms with Gasteiger partial charge in [0.1, 0.15) is 0 Å². The van der Waals surface area contributed by atoms with Crippen LogP contribution in [0.2, 0.25) is 0 Å². The van der Waals surface area contributed by atoms with Gasteiger partial charge in [-0.05, 0) is 35.8 Å². The molecule has 0 unspecified atom stereocenters. The fourth-order valence-corrected chi connectivity index (χ4v) is 4.01. The molecular formula is C29H27Cl2N4O. The molecule has 183 valence electrons. The largest absolute Gasteiger partial charge is 1.00 e. The fraction of sp³-hybridized carbons (Fsp3) is 0.138. The van der Waals surface area contributed by atoms with Gasteiger partial charge in [0, 0.05) is 42.4 Å². The molecule has 7 heteroatoms. The number of rotatable bonds is 8. The molecule has 4 aromatic rings. The zero-order valence-electron chi connectivity index (χ0n) is 19.7. The maximum Gasteiger partial charge on any atom is 0.254 e. The van der Waals surface area contributed by atoms with E-state index < -0.39 is 0 Å². The Morgan fingerprint density at radius 3 is 2.44 bits per heavy atom. The number of allylic oxidation sites excluding steroid dienone is 4. The predicted octanol–water partition coefficient (Wildman–Crippen LogP) is 2.87. The van der Waals surface area contributed by atoms with Crippen LogP contribution in [0, 0.1) is 0 Å². The molecule has 1 aliphatic heterocycles.